The maximum Gasteiger partial charge on any atom is 0.193 e. The second-order valence-corrected chi connectivity index (χ2v) is 5.86. The quantitative estimate of drug-likeness (QED) is 0.467. The van der Waals surface area contributed by atoms with Gasteiger partial charge >= 0.3 is 0 Å². The lowest BCUT2D eigenvalue weighted by Crippen LogP contribution is -2.39. The number of rotatable bonds is 4. The Morgan fingerprint density at radius 1 is 1.60 bits per heavy atom. The summed E-state index contributed by atoms with van der Waals surface area (Å²) in [5.41, 5.74) is 1.01. The third-order valence-corrected chi connectivity index (χ3v) is 4.09. The lowest BCUT2D eigenvalue weighted by Gasteiger charge is -2.10. The molecule has 0 aliphatic heterocycles. The van der Waals surface area contributed by atoms with Gasteiger partial charge in [0.1, 0.15) is 0 Å². The van der Waals surface area contributed by atoms with Gasteiger partial charge in [-0.05, 0) is 19.3 Å². The van der Waals surface area contributed by atoms with Gasteiger partial charge in [-0.25, -0.2) is 9.98 Å². The van der Waals surface area contributed by atoms with Gasteiger partial charge < -0.3 is 10.6 Å². The van der Waals surface area contributed by atoms with Crippen LogP contribution in [0.25, 0.3) is 4.96 Å². The predicted molar refractivity (Wildman–Crippen MR) is 94.0 cm³/mol. The minimum Gasteiger partial charge on any atom is -0.357 e. The molecule has 2 aromatic rings. The summed E-state index contributed by atoms with van der Waals surface area (Å²) in [5, 5.41) is 8.76. The average molecular weight is 405 g/mol. The molecule has 2 N–H and O–H groups in total. The highest BCUT2D eigenvalue weighted by atomic mass is 127. The standard InChI is InChI=1S/C13H19N5S.HI/c1-3-14-12(17-11-6-9(11)2)15-7-10-8-18-4-5-19-13(18)16-10;/h4-5,8-9,11H,3,6-7H2,1-2H3,(H2,14,15,17);1H. The number of aromatic nitrogens is 2. The number of hydrogen-bond acceptors (Lipinski definition) is 3. The van der Waals surface area contributed by atoms with Crippen LogP contribution in [0.1, 0.15) is 26.0 Å². The van der Waals surface area contributed by atoms with Gasteiger partial charge in [0.25, 0.3) is 0 Å². The fraction of sp³-hybridized carbons (Fsp3) is 0.538. The highest BCUT2D eigenvalue weighted by Crippen LogP contribution is 2.28. The molecule has 0 aromatic carbocycles. The monoisotopic (exact) mass is 405 g/mol. The van der Waals surface area contributed by atoms with Crippen LogP contribution in [0.5, 0.6) is 0 Å². The molecule has 1 fully saturated rings. The number of aliphatic imine (C=N–C) groups is 1. The Hall–Kier alpha value is -0.830. The second kappa shape index (κ2) is 6.75. The first-order valence-corrected chi connectivity index (χ1v) is 7.60. The van der Waals surface area contributed by atoms with Crippen molar-refractivity contribution in [3.8, 4) is 0 Å². The number of imidazole rings is 1. The van der Waals surface area contributed by atoms with E-state index in [0.717, 1.165) is 29.1 Å². The molecule has 2 atom stereocenters. The second-order valence-electron chi connectivity index (χ2n) is 4.98. The van der Waals surface area contributed by atoms with Crippen molar-refractivity contribution in [1.82, 2.24) is 20.0 Å². The third kappa shape index (κ3) is 3.63. The summed E-state index contributed by atoms with van der Waals surface area (Å²) in [6.45, 7) is 5.83. The largest absolute Gasteiger partial charge is 0.357 e. The molecule has 0 saturated heterocycles. The van der Waals surface area contributed by atoms with Crippen LogP contribution in [0.3, 0.4) is 0 Å². The van der Waals surface area contributed by atoms with E-state index in [4.69, 9.17) is 0 Å². The highest BCUT2D eigenvalue weighted by Gasteiger charge is 2.33. The third-order valence-electron chi connectivity index (χ3n) is 3.32. The van der Waals surface area contributed by atoms with Crippen molar-refractivity contribution in [3.63, 3.8) is 0 Å². The molecule has 1 aliphatic rings. The number of nitrogens with zero attached hydrogens (tertiary/aromatic N) is 3. The van der Waals surface area contributed by atoms with Gasteiger partial charge in [-0.15, -0.1) is 35.3 Å². The molecule has 0 amide bonds. The summed E-state index contributed by atoms with van der Waals surface area (Å²) < 4.78 is 2.04. The fourth-order valence-corrected chi connectivity index (χ4v) is 2.75. The molecule has 110 valence electrons. The van der Waals surface area contributed by atoms with Crippen LogP contribution >= 0.6 is 35.3 Å². The van der Waals surface area contributed by atoms with Crippen LogP contribution in [0.15, 0.2) is 22.8 Å². The van der Waals surface area contributed by atoms with Gasteiger partial charge in [-0.1, -0.05) is 6.92 Å². The van der Waals surface area contributed by atoms with Gasteiger partial charge in [0, 0.05) is 30.4 Å². The van der Waals surface area contributed by atoms with Gasteiger partial charge in [0.05, 0.1) is 12.2 Å². The van der Waals surface area contributed by atoms with Crippen LogP contribution in [0, 0.1) is 5.92 Å². The van der Waals surface area contributed by atoms with Gasteiger partial charge in [0.15, 0.2) is 10.9 Å². The van der Waals surface area contributed by atoms with Crippen molar-refractivity contribution < 1.29 is 0 Å². The van der Waals surface area contributed by atoms with Crippen LogP contribution in [0.4, 0.5) is 0 Å². The molecular weight excluding hydrogens is 385 g/mol. The topological polar surface area (TPSA) is 53.7 Å². The van der Waals surface area contributed by atoms with Crippen molar-refractivity contribution in [2.75, 3.05) is 6.54 Å². The minimum absolute atomic E-state index is 0. The van der Waals surface area contributed by atoms with E-state index in [0.29, 0.717) is 12.6 Å². The minimum atomic E-state index is 0. The molecule has 2 aromatic heterocycles. The predicted octanol–water partition coefficient (Wildman–Crippen LogP) is 2.48. The zero-order valence-electron chi connectivity index (χ0n) is 11.7. The number of nitrogens with one attached hydrogen (secondary N) is 2. The molecule has 0 spiro atoms. The van der Waals surface area contributed by atoms with E-state index in [1.54, 1.807) is 11.3 Å². The van der Waals surface area contributed by atoms with Gasteiger partial charge in [0.2, 0.25) is 0 Å². The number of halogens is 1. The first-order chi connectivity index (χ1) is 9.26. The molecule has 5 nitrogen and oxygen atoms in total. The van der Waals surface area contributed by atoms with Crippen LogP contribution in [0.2, 0.25) is 0 Å². The van der Waals surface area contributed by atoms with Gasteiger partial charge in [-0.3, -0.25) is 4.40 Å². The summed E-state index contributed by atoms with van der Waals surface area (Å²) in [7, 11) is 0. The Morgan fingerprint density at radius 3 is 3.05 bits per heavy atom. The summed E-state index contributed by atoms with van der Waals surface area (Å²) >= 11 is 1.65. The van der Waals surface area contributed by atoms with E-state index in [-0.39, 0.29) is 24.0 Å². The van der Waals surface area contributed by atoms with Crippen molar-refractivity contribution in [2.24, 2.45) is 10.9 Å². The number of hydrogen-bond donors (Lipinski definition) is 2. The van der Waals surface area contributed by atoms with Gasteiger partial charge in [-0.2, -0.15) is 0 Å². The van der Waals surface area contributed by atoms with E-state index in [1.165, 1.54) is 6.42 Å². The Kier molecular flexibility index (Phi) is 5.25. The molecule has 20 heavy (non-hydrogen) atoms. The zero-order valence-corrected chi connectivity index (χ0v) is 14.8. The van der Waals surface area contributed by atoms with E-state index in [1.807, 2.05) is 22.2 Å². The SMILES string of the molecule is CCNC(=NCc1cn2ccsc2n1)NC1CC1C.I. The van der Waals surface area contributed by atoms with Crippen molar-refractivity contribution in [2.45, 2.75) is 32.9 Å². The molecule has 1 aliphatic carbocycles. The first-order valence-electron chi connectivity index (χ1n) is 6.72. The average Bonchev–Trinajstić information content (AvgIpc) is 2.78. The molecule has 0 bridgehead atoms. The van der Waals surface area contributed by atoms with Crippen molar-refractivity contribution >= 4 is 46.2 Å². The summed E-state index contributed by atoms with van der Waals surface area (Å²) in [6.07, 6.45) is 5.30. The number of fused-ring (bicyclic) bond motifs is 1. The van der Waals surface area contributed by atoms with Crippen molar-refractivity contribution in [3.05, 3.63) is 23.5 Å². The lowest BCUT2D eigenvalue weighted by molar-refractivity contribution is 0.765. The van der Waals surface area contributed by atoms with E-state index >= 15 is 0 Å². The number of guanidine groups is 1. The Balaban J connectivity index is 0.00000147. The summed E-state index contributed by atoms with van der Waals surface area (Å²) in [6, 6.07) is 0.586. The van der Waals surface area contributed by atoms with E-state index in [2.05, 4.69) is 34.5 Å². The highest BCUT2D eigenvalue weighted by molar-refractivity contribution is 14.0. The maximum atomic E-state index is 4.60. The molecule has 2 heterocycles. The first kappa shape index (κ1) is 15.6. The summed E-state index contributed by atoms with van der Waals surface area (Å²) in [4.78, 5) is 10.2. The molecule has 7 heteroatoms. The van der Waals surface area contributed by atoms with Crippen LogP contribution in [-0.2, 0) is 6.54 Å². The normalized spacial score (nSPS) is 21.6. The number of thiazole rings is 1. The molecule has 1 saturated carbocycles. The van der Waals surface area contributed by atoms with E-state index < -0.39 is 0 Å². The summed E-state index contributed by atoms with van der Waals surface area (Å²) in [5.74, 6) is 1.66. The molecule has 0 radical (unpaired) electrons. The molecule has 3 rings (SSSR count). The molecular formula is C13H20IN5S. The van der Waals surface area contributed by atoms with E-state index in [9.17, 15) is 0 Å². The van der Waals surface area contributed by atoms with Crippen LogP contribution < -0.4 is 10.6 Å². The fourth-order valence-electron chi connectivity index (χ4n) is 2.03. The lowest BCUT2D eigenvalue weighted by atomic mass is 10.5. The molecule has 2 unspecified atom stereocenters. The maximum absolute atomic E-state index is 4.60. The van der Waals surface area contributed by atoms with Crippen LogP contribution in [-0.4, -0.2) is 27.9 Å². The smallest absolute Gasteiger partial charge is 0.193 e. The Morgan fingerprint density at radius 2 is 2.40 bits per heavy atom. The zero-order chi connectivity index (χ0) is 13.2. The Bertz CT molecular complexity index is 562. The Labute approximate surface area is 139 Å². The van der Waals surface area contributed by atoms with Crippen molar-refractivity contribution in [1.29, 1.82) is 0 Å².